The summed E-state index contributed by atoms with van der Waals surface area (Å²) in [6.45, 7) is 1.99. The lowest BCUT2D eigenvalue weighted by Crippen LogP contribution is -2.33. The molecule has 0 aliphatic carbocycles. The number of para-hydroxylation sites is 1. The Kier molecular flexibility index (Phi) is 5.76. The fourth-order valence-corrected chi connectivity index (χ4v) is 3.03. The summed E-state index contributed by atoms with van der Waals surface area (Å²) < 4.78 is 5.25. The zero-order chi connectivity index (χ0) is 16.8. The van der Waals surface area contributed by atoms with Gasteiger partial charge in [-0.2, -0.15) is 0 Å². The molecule has 23 heavy (non-hydrogen) atoms. The maximum atomic E-state index is 12.0. The highest BCUT2D eigenvalue weighted by Crippen LogP contribution is 2.21. The van der Waals surface area contributed by atoms with Gasteiger partial charge in [0.15, 0.2) is 0 Å². The topological polar surface area (TPSA) is 75.6 Å². The van der Waals surface area contributed by atoms with E-state index in [0.717, 1.165) is 10.4 Å². The van der Waals surface area contributed by atoms with Crippen molar-refractivity contribution in [2.24, 2.45) is 5.92 Å². The molecule has 0 fully saturated rings. The summed E-state index contributed by atoms with van der Waals surface area (Å²) in [6, 6.07) is 10.9. The van der Waals surface area contributed by atoms with E-state index in [1.165, 1.54) is 11.3 Å². The van der Waals surface area contributed by atoms with Gasteiger partial charge in [0.25, 0.3) is 5.91 Å². The number of amides is 1. The second kappa shape index (κ2) is 7.78. The molecule has 1 amide bonds. The molecule has 0 aliphatic heterocycles. The number of aliphatic carboxylic acids is 1. The average Bonchev–Trinajstić information content (AvgIpc) is 2.97. The fourth-order valence-electron chi connectivity index (χ4n) is 2.24. The minimum atomic E-state index is -0.946. The van der Waals surface area contributed by atoms with Crippen LogP contribution in [0.2, 0.25) is 0 Å². The number of carboxylic acid groups (broad SMARTS) is 1. The van der Waals surface area contributed by atoms with Crippen LogP contribution in [0.5, 0.6) is 5.75 Å². The quantitative estimate of drug-likeness (QED) is 0.817. The summed E-state index contributed by atoms with van der Waals surface area (Å²) in [6.07, 6.45) is 0.295. The van der Waals surface area contributed by atoms with Gasteiger partial charge in [0.2, 0.25) is 0 Å². The van der Waals surface area contributed by atoms with E-state index in [2.05, 4.69) is 5.32 Å². The van der Waals surface area contributed by atoms with E-state index >= 15 is 0 Å². The maximum absolute atomic E-state index is 12.0. The van der Waals surface area contributed by atoms with Crippen LogP contribution in [0.15, 0.2) is 36.4 Å². The highest BCUT2D eigenvalue weighted by Gasteiger charge is 2.21. The van der Waals surface area contributed by atoms with Gasteiger partial charge in [-0.05, 0) is 37.1 Å². The Hall–Kier alpha value is -2.34. The fraction of sp³-hybridized carbons (Fsp3) is 0.294. The smallest absolute Gasteiger partial charge is 0.308 e. The third kappa shape index (κ3) is 4.56. The van der Waals surface area contributed by atoms with Crippen molar-refractivity contribution < 1.29 is 19.4 Å². The van der Waals surface area contributed by atoms with Gasteiger partial charge in [0.05, 0.1) is 17.9 Å². The SMILES string of the molecule is COc1ccccc1CC(CNC(=O)c1ccc(C)s1)C(=O)O. The predicted molar refractivity (Wildman–Crippen MR) is 89.2 cm³/mol. The van der Waals surface area contributed by atoms with Crippen LogP contribution in [-0.2, 0) is 11.2 Å². The van der Waals surface area contributed by atoms with E-state index in [4.69, 9.17) is 4.74 Å². The van der Waals surface area contributed by atoms with Crippen molar-refractivity contribution >= 4 is 23.2 Å². The third-order valence-electron chi connectivity index (χ3n) is 3.48. The summed E-state index contributed by atoms with van der Waals surface area (Å²) in [5, 5.41) is 12.1. The summed E-state index contributed by atoms with van der Waals surface area (Å²) in [5.74, 6) is -1.25. The number of aryl methyl sites for hydroxylation is 1. The number of hydrogen-bond donors (Lipinski definition) is 2. The Bertz CT molecular complexity index is 695. The number of carbonyl (C=O) groups is 2. The van der Waals surface area contributed by atoms with Crippen LogP contribution < -0.4 is 10.1 Å². The van der Waals surface area contributed by atoms with E-state index in [-0.39, 0.29) is 12.5 Å². The maximum Gasteiger partial charge on any atom is 0.308 e. The van der Waals surface area contributed by atoms with Gasteiger partial charge in [-0.1, -0.05) is 18.2 Å². The Morgan fingerprint density at radius 1 is 1.26 bits per heavy atom. The predicted octanol–water partition coefficient (Wildman–Crippen LogP) is 2.74. The Balaban J connectivity index is 2.02. The van der Waals surface area contributed by atoms with Gasteiger partial charge < -0.3 is 15.2 Å². The first kappa shape index (κ1) is 17.0. The number of benzene rings is 1. The van der Waals surface area contributed by atoms with Gasteiger partial charge in [-0.25, -0.2) is 0 Å². The molecular weight excluding hydrogens is 314 g/mol. The van der Waals surface area contributed by atoms with Crippen LogP contribution in [-0.4, -0.2) is 30.6 Å². The lowest BCUT2D eigenvalue weighted by atomic mass is 9.98. The summed E-state index contributed by atoms with van der Waals surface area (Å²) >= 11 is 1.39. The van der Waals surface area contributed by atoms with Crippen molar-refractivity contribution in [3.8, 4) is 5.75 Å². The van der Waals surface area contributed by atoms with Gasteiger partial charge in [0.1, 0.15) is 5.75 Å². The number of nitrogens with one attached hydrogen (secondary N) is 1. The van der Waals surface area contributed by atoms with Crippen molar-refractivity contribution in [2.75, 3.05) is 13.7 Å². The second-order valence-corrected chi connectivity index (χ2v) is 6.46. The number of rotatable bonds is 7. The van der Waals surface area contributed by atoms with Crippen molar-refractivity contribution in [3.63, 3.8) is 0 Å². The molecule has 1 aromatic carbocycles. The molecule has 2 N–H and O–H groups in total. The van der Waals surface area contributed by atoms with Crippen molar-refractivity contribution in [1.82, 2.24) is 5.32 Å². The molecular formula is C17H19NO4S. The second-order valence-electron chi connectivity index (χ2n) is 5.17. The molecule has 0 radical (unpaired) electrons. The molecule has 2 rings (SSSR count). The molecule has 6 heteroatoms. The van der Waals surface area contributed by atoms with Gasteiger partial charge in [0, 0.05) is 11.4 Å². The van der Waals surface area contributed by atoms with Crippen LogP contribution >= 0.6 is 11.3 Å². The third-order valence-corrected chi connectivity index (χ3v) is 4.48. The lowest BCUT2D eigenvalue weighted by molar-refractivity contribution is -0.141. The largest absolute Gasteiger partial charge is 0.496 e. The molecule has 1 atom stereocenters. The zero-order valence-electron chi connectivity index (χ0n) is 13.0. The van der Waals surface area contributed by atoms with E-state index in [9.17, 15) is 14.7 Å². The average molecular weight is 333 g/mol. The molecule has 1 aromatic heterocycles. The minimum Gasteiger partial charge on any atom is -0.496 e. The highest BCUT2D eigenvalue weighted by atomic mass is 32.1. The first-order valence-electron chi connectivity index (χ1n) is 7.20. The Labute approximate surface area is 138 Å². The molecule has 0 aliphatic rings. The molecule has 122 valence electrons. The van der Waals surface area contributed by atoms with Gasteiger partial charge >= 0.3 is 5.97 Å². The molecule has 2 aromatic rings. The molecule has 1 heterocycles. The van der Waals surface area contributed by atoms with Crippen molar-refractivity contribution in [3.05, 3.63) is 51.7 Å². The zero-order valence-corrected chi connectivity index (χ0v) is 13.9. The van der Waals surface area contributed by atoms with Gasteiger partial charge in [-0.15, -0.1) is 11.3 Å². The van der Waals surface area contributed by atoms with Gasteiger partial charge in [-0.3, -0.25) is 9.59 Å². The molecule has 0 spiro atoms. The monoisotopic (exact) mass is 333 g/mol. The number of hydrogen-bond acceptors (Lipinski definition) is 4. The molecule has 0 saturated heterocycles. The van der Waals surface area contributed by atoms with E-state index < -0.39 is 11.9 Å². The number of methoxy groups -OCH3 is 1. The highest BCUT2D eigenvalue weighted by molar-refractivity contribution is 7.13. The van der Waals surface area contributed by atoms with Crippen LogP contribution in [0.4, 0.5) is 0 Å². The Morgan fingerprint density at radius 3 is 2.61 bits per heavy atom. The van der Waals surface area contributed by atoms with Crippen molar-refractivity contribution in [1.29, 1.82) is 0 Å². The van der Waals surface area contributed by atoms with E-state index in [0.29, 0.717) is 17.0 Å². The minimum absolute atomic E-state index is 0.0726. The van der Waals surface area contributed by atoms with E-state index in [1.807, 2.05) is 31.2 Å². The van der Waals surface area contributed by atoms with Crippen LogP contribution in [0.3, 0.4) is 0 Å². The molecule has 0 bridgehead atoms. The summed E-state index contributed by atoms with van der Waals surface area (Å²) in [7, 11) is 1.55. The molecule has 0 saturated carbocycles. The first-order valence-corrected chi connectivity index (χ1v) is 8.02. The summed E-state index contributed by atoms with van der Waals surface area (Å²) in [4.78, 5) is 25.1. The standard InChI is InChI=1S/C17H19NO4S/c1-11-7-8-15(23-11)16(19)18-10-13(17(20)21)9-12-5-3-4-6-14(12)22-2/h3-8,13H,9-10H2,1-2H3,(H,18,19)(H,20,21). The number of ether oxygens (including phenoxy) is 1. The van der Waals surface area contributed by atoms with Crippen LogP contribution in [0, 0.1) is 12.8 Å². The van der Waals surface area contributed by atoms with E-state index in [1.54, 1.807) is 19.2 Å². The van der Waals surface area contributed by atoms with Crippen molar-refractivity contribution in [2.45, 2.75) is 13.3 Å². The normalized spacial score (nSPS) is 11.7. The first-order chi connectivity index (χ1) is 11.0. The molecule has 1 unspecified atom stereocenters. The summed E-state index contributed by atoms with van der Waals surface area (Å²) in [5.41, 5.74) is 0.809. The molecule has 5 nitrogen and oxygen atoms in total. The Morgan fingerprint density at radius 2 is 2.00 bits per heavy atom. The number of carboxylic acids is 1. The number of thiophene rings is 1. The number of carbonyl (C=O) groups excluding carboxylic acids is 1. The van der Waals surface area contributed by atoms with Crippen LogP contribution in [0.1, 0.15) is 20.1 Å². The van der Waals surface area contributed by atoms with Crippen LogP contribution in [0.25, 0.3) is 0 Å². The lowest BCUT2D eigenvalue weighted by Gasteiger charge is -2.15.